The molecule has 0 heterocycles. The van der Waals surface area contributed by atoms with E-state index in [4.69, 9.17) is 5.26 Å². The second kappa shape index (κ2) is 6.18. The molecule has 1 aliphatic carbocycles. The second-order valence-corrected chi connectivity index (χ2v) is 4.66. The summed E-state index contributed by atoms with van der Waals surface area (Å²) >= 11 is 0. The van der Waals surface area contributed by atoms with Crippen LogP contribution in [-0.4, -0.2) is 19.0 Å². The number of amides is 1. The molecule has 0 aromatic heterocycles. The van der Waals surface area contributed by atoms with Gasteiger partial charge in [0.25, 0.3) is 0 Å². The van der Waals surface area contributed by atoms with Gasteiger partial charge in [-0.2, -0.15) is 5.26 Å². The maximum Gasteiger partial charge on any atom is 0.233 e. The van der Waals surface area contributed by atoms with Gasteiger partial charge >= 0.3 is 0 Å². The van der Waals surface area contributed by atoms with Crippen molar-refractivity contribution in [2.75, 3.05) is 13.1 Å². The van der Waals surface area contributed by atoms with Gasteiger partial charge < -0.3 is 10.6 Å². The van der Waals surface area contributed by atoms with Crippen LogP contribution in [-0.2, 0) is 11.3 Å². The molecule has 0 aliphatic heterocycles. The van der Waals surface area contributed by atoms with Crippen molar-refractivity contribution in [3.8, 4) is 6.07 Å². The van der Waals surface area contributed by atoms with E-state index in [1.54, 1.807) is 12.1 Å². The molecule has 0 atom stereocenters. The molecule has 2 rings (SSSR count). The predicted molar refractivity (Wildman–Crippen MR) is 68.6 cm³/mol. The minimum atomic E-state index is 0.0514. The number of carbonyl (C=O) groups is 1. The summed E-state index contributed by atoms with van der Waals surface area (Å²) < 4.78 is 0. The molecular formula is C14H17N3O. The molecule has 94 valence electrons. The Morgan fingerprint density at radius 3 is 2.67 bits per heavy atom. The van der Waals surface area contributed by atoms with Crippen LogP contribution in [0.4, 0.5) is 0 Å². The molecular weight excluding hydrogens is 226 g/mol. The number of benzene rings is 1. The van der Waals surface area contributed by atoms with Gasteiger partial charge in [0.05, 0.1) is 18.2 Å². The van der Waals surface area contributed by atoms with Crippen LogP contribution < -0.4 is 10.6 Å². The molecule has 0 unspecified atom stereocenters. The monoisotopic (exact) mass is 243 g/mol. The van der Waals surface area contributed by atoms with Gasteiger partial charge in [-0.05, 0) is 36.5 Å². The maximum atomic E-state index is 11.4. The first kappa shape index (κ1) is 12.6. The molecule has 1 aliphatic rings. The topological polar surface area (TPSA) is 64.9 Å². The number of nitrogens with one attached hydrogen (secondary N) is 2. The maximum absolute atomic E-state index is 11.4. The summed E-state index contributed by atoms with van der Waals surface area (Å²) in [5, 5.41) is 14.7. The molecule has 1 amide bonds. The Balaban J connectivity index is 1.64. The third-order valence-electron chi connectivity index (χ3n) is 2.98. The lowest BCUT2D eigenvalue weighted by atomic mass is 10.1. The summed E-state index contributed by atoms with van der Waals surface area (Å²) in [6, 6.07) is 9.43. The first-order chi connectivity index (χ1) is 8.78. The van der Waals surface area contributed by atoms with E-state index in [-0.39, 0.29) is 5.91 Å². The summed E-state index contributed by atoms with van der Waals surface area (Å²) in [6.45, 7) is 1.80. The highest BCUT2D eigenvalue weighted by molar-refractivity contribution is 5.77. The fourth-order valence-corrected chi connectivity index (χ4v) is 1.66. The van der Waals surface area contributed by atoms with E-state index in [9.17, 15) is 4.79 Å². The fraction of sp³-hybridized carbons (Fsp3) is 0.429. The van der Waals surface area contributed by atoms with Crippen LogP contribution in [0.15, 0.2) is 24.3 Å². The molecule has 1 saturated carbocycles. The fourth-order valence-electron chi connectivity index (χ4n) is 1.66. The number of rotatable bonds is 6. The zero-order chi connectivity index (χ0) is 12.8. The van der Waals surface area contributed by atoms with Gasteiger partial charge in [-0.3, -0.25) is 4.79 Å². The Bertz CT molecular complexity index is 443. The highest BCUT2D eigenvalue weighted by Crippen LogP contribution is 2.27. The Morgan fingerprint density at radius 1 is 1.33 bits per heavy atom. The Hall–Kier alpha value is -1.86. The van der Waals surface area contributed by atoms with Crippen molar-refractivity contribution < 1.29 is 4.79 Å². The minimum absolute atomic E-state index is 0.0514. The van der Waals surface area contributed by atoms with Crippen molar-refractivity contribution in [1.82, 2.24) is 10.6 Å². The largest absolute Gasteiger partial charge is 0.355 e. The van der Waals surface area contributed by atoms with Gasteiger partial charge in [0.1, 0.15) is 0 Å². The molecule has 18 heavy (non-hydrogen) atoms. The SMILES string of the molecule is N#Cc1ccc(CNCC(=O)NCC2CC2)cc1. The summed E-state index contributed by atoms with van der Waals surface area (Å²) in [4.78, 5) is 11.4. The first-order valence-electron chi connectivity index (χ1n) is 6.24. The van der Waals surface area contributed by atoms with E-state index in [0.717, 1.165) is 12.1 Å². The highest BCUT2D eigenvalue weighted by Gasteiger charge is 2.21. The van der Waals surface area contributed by atoms with Crippen LogP contribution in [0.3, 0.4) is 0 Å². The number of hydrogen-bond donors (Lipinski definition) is 2. The van der Waals surface area contributed by atoms with Crippen molar-refractivity contribution in [2.45, 2.75) is 19.4 Å². The molecule has 0 saturated heterocycles. The number of nitrogens with zero attached hydrogens (tertiary/aromatic N) is 1. The average molecular weight is 243 g/mol. The second-order valence-electron chi connectivity index (χ2n) is 4.66. The summed E-state index contributed by atoms with van der Waals surface area (Å²) in [6.07, 6.45) is 2.50. The summed E-state index contributed by atoms with van der Waals surface area (Å²) in [7, 11) is 0. The third-order valence-corrected chi connectivity index (χ3v) is 2.98. The molecule has 2 N–H and O–H groups in total. The quantitative estimate of drug-likeness (QED) is 0.788. The van der Waals surface area contributed by atoms with E-state index in [1.165, 1.54) is 12.8 Å². The van der Waals surface area contributed by atoms with Crippen molar-refractivity contribution in [3.63, 3.8) is 0 Å². The predicted octanol–water partition coefficient (Wildman–Crippen LogP) is 1.17. The lowest BCUT2D eigenvalue weighted by Gasteiger charge is -2.06. The van der Waals surface area contributed by atoms with E-state index in [0.29, 0.717) is 24.6 Å². The Morgan fingerprint density at radius 2 is 2.06 bits per heavy atom. The highest BCUT2D eigenvalue weighted by atomic mass is 16.1. The zero-order valence-electron chi connectivity index (χ0n) is 10.3. The van der Waals surface area contributed by atoms with Crippen molar-refractivity contribution >= 4 is 5.91 Å². The molecule has 4 nitrogen and oxygen atoms in total. The smallest absolute Gasteiger partial charge is 0.233 e. The van der Waals surface area contributed by atoms with E-state index in [2.05, 4.69) is 16.7 Å². The van der Waals surface area contributed by atoms with Crippen molar-refractivity contribution in [2.24, 2.45) is 5.92 Å². The molecule has 0 radical (unpaired) electrons. The number of hydrogen-bond acceptors (Lipinski definition) is 3. The lowest BCUT2D eigenvalue weighted by Crippen LogP contribution is -2.34. The van der Waals surface area contributed by atoms with Gasteiger partial charge in [-0.1, -0.05) is 12.1 Å². The van der Waals surface area contributed by atoms with Crippen molar-refractivity contribution in [1.29, 1.82) is 5.26 Å². The molecule has 1 aromatic carbocycles. The zero-order valence-corrected chi connectivity index (χ0v) is 10.3. The average Bonchev–Trinajstić information content (AvgIpc) is 3.21. The van der Waals surface area contributed by atoms with E-state index >= 15 is 0 Å². The molecule has 1 fully saturated rings. The van der Waals surface area contributed by atoms with Gasteiger partial charge in [0.2, 0.25) is 5.91 Å². The van der Waals surface area contributed by atoms with Crippen LogP contribution in [0.1, 0.15) is 24.0 Å². The van der Waals surface area contributed by atoms with Crippen LogP contribution in [0.2, 0.25) is 0 Å². The third kappa shape index (κ3) is 4.19. The summed E-state index contributed by atoms with van der Waals surface area (Å²) in [5.74, 6) is 0.767. The molecule has 4 heteroatoms. The van der Waals surface area contributed by atoms with Gasteiger partial charge in [0, 0.05) is 13.1 Å². The number of carbonyl (C=O) groups excluding carboxylic acids is 1. The molecule has 0 bridgehead atoms. The van der Waals surface area contributed by atoms with Gasteiger partial charge in [-0.25, -0.2) is 0 Å². The minimum Gasteiger partial charge on any atom is -0.355 e. The van der Waals surface area contributed by atoms with Crippen LogP contribution in [0.5, 0.6) is 0 Å². The van der Waals surface area contributed by atoms with E-state index < -0.39 is 0 Å². The Kier molecular flexibility index (Phi) is 4.32. The molecule has 0 spiro atoms. The van der Waals surface area contributed by atoms with Crippen LogP contribution >= 0.6 is 0 Å². The first-order valence-corrected chi connectivity index (χ1v) is 6.24. The standard InChI is InChI=1S/C14H17N3O/c15-7-11-1-3-12(4-2-11)8-16-10-14(18)17-9-13-5-6-13/h1-4,13,16H,5-6,8-10H2,(H,17,18). The summed E-state index contributed by atoms with van der Waals surface area (Å²) in [5.41, 5.74) is 1.73. The lowest BCUT2D eigenvalue weighted by molar-refractivity contribution is -0.120. The van der Waals surface area contributed by atoms with Gasteiger partial charge in [0.15, 0.2) is 0 Å². The van der Waals surface area contributed by atoms with Crippen LogP contribution in [0.25, 0.3) is 0 Å². The van der Waals surface area contributed by atoms with Gasteiger partial charge in [-0.15, -0.1) is 0 Å². The van der Waals surface area contributed by atoms with Crippen molar-refractivity contribution in [3.05, 3.63) is 35.4 Å². The number of nitriles is 1. The van der Waals surface area contributed by atoms with E-state index in [1.807, 2.05) is 12.1 Å². The molecule has 1 aromatic rings. The van der Waals surface area contributed by atoms with Crippen LogP contribution in [0, 0.1) is 17.2 Å². The normalized spacial score (nSPS) is 13.9. The Labute approximate surface area is 107 Å².